The Morgan fingerprint density at radius 3 is 2.96 bits per heavy atom. The van der Waals surface area contributed by atoms with Crippen LogP contribution in [-0.2, 0) is 9.53 Å². The van der Waals surface area contributed by atoms with E-state index >= 15 is 0 Å². The zero-order valence-electron chi connectivity index (χ0n) is 13.3. The lowest BCUT2D eigenvalue weighted by atomic mass is 9.46. The van der Waals surface area contributed by atoms with Crippen LogP contribution in [0.3, 0.4) is 0 Å². The van der Waals surface area contributed by atoms with Gasteiger partial charge in [0.1, 0.15) is 5.75 Å². The van der Waals surface area contributed by atoms with Crippen LogP contribution in [0.1, 0.15) is 32.1 Å². The average Bonchev–Trinajstić information content (AvgIpc) is 2.89. The van der Waals surface area contributed by atoms with Gasteiger partial charge in [0.2, 0.25) is 5.91 Å². The van der Waals surface area contributed by atoms with E-state index in [1.807, 2.05) is 18.2 Å². The zero-order chi connectivity index (χ0) is 15.9. The van der Waals surface area contributed by atoms with Crippen molar-refractivity contribution in [2.24, 2.45) is 17.1 Å². The van der Waals surface area contributed by atoms with Crippen LogP contribution in [-0.4, -0.2) is 31.3 Å². The molecule has 3 aliphatic rings. The number of anilines is 1. The number of nitrogens with one attached hydrogen (secondary N) is 1. The van der Waals surface area contributed by atoms with Crippen LogP contribution >= 0.6 is 0 Å². The Hall–Kier alpha value is -1.75. The fourth-order valence-corrected chi connectivity index (χ4v) is 4.60. The minimum absolute atomic E-state index is 0.236. The number of nitrogens with two attached hydrogens (primary N) is 1. The van der Waals surface area contributed by atoms with E-state index in [2.05, 4.69) is 11.4 Å². The van der Waals surface area contributed by atoms with E-state index in [4.69, 9.17) is 15.2 Å². The first kappa shape index (κ1) is 14.8. The van der Waals surface area contributed by atoms with Gasteiger partial charge >= 0.3 is 0 Å². The van der Waals surface area contributed by atoms with Gasteiger partial charge in [-0.1, -0.05) is 18.6 Å². The second-order valence-corrected chi connectivity index (χ2v) is 7.01. The number of hydrogen-bond donors (Lipinski definition) is 2. The molecule has 3 unspecified atom stereocenters. The highest BCUT2D eigenvalue weighted by molar-refractivity contribution is 5.73. The van der Waals surface area contributed by atoms with Crippen LogP contribution in [0.4, 0.5) is 5.69 Å². The minimum atomic E-state index is -0.339. The number of ether oxygens (including phenoxy) is 2. The van der Waals surface area contributed by atoms with E-state index in [1.165, 1.54) is 19.3 Å². The molecular formula is C18H24N2O3. The molecule has 5 nitrogen and oxygen atoms in total. The van der Waals surface area contributed by atoms with E-state index in [0.717, 1.165) is 24.5 Å². The lowest BCUT2D eigenvalue weighted by Gasteiger charge is -2.63. The molecule has 1 aromatic rings. The SMILES string of the molecule is NC(=O)CCOc1ccccc1NC1C2CCOC2C12CCC2. The maximum absolute atomic E-state index is 10.9. The van der Waals surface area contributed by atoms with Crippen molar-refractivity contribution in [2.45, 2.75) is 44.2 Å². The molecule has 1 heterocycles. The van der Waals surface area contributed by atoms with E-state index < -0.39 is 0 Å². The lowest BCUT2D eigenvalue weighted by Crippen LogP contribution is -2.68. The lowest BCUT2D eigenvalue weighted by molar-refractivity contribution is -0.158. The van der Waals surface area contributed by atoms with Crippen molar-refractivity contribution in [2.75, 3.05) is 18.5 Å². The summed E-state index contributed by atoms with van der Waals surface area (Å²) < 4.78 is 11.7. The third-order valence-electron chi connectivity index (χ3n) is 5.84. The summed E-state index contributed by atoms with van der Waals surface area (Å²) in [4.78, 5) is 10.9. The molecule has 3 N–H and O–H groups in total. The number of para-hydroxylation sites is 2. The van der Waals surface area contributed by atoms with Crippen molar-refractivity contribution in [3.63, 3.8) is 0 Å². The predicted molar refractivity (Wildman–Crippen MR) is 87.3 cm³/mol. The Morgan fingerprint density at radius 2 is 2.22 bits per heavy atom. The molecule has 0 bridgehead atoms. The summed E-state index contributed by atoms with van der Waals surface area (Å²) in [7, 11) is 0. The molecule has 0 radical (unpaired) electrons. The molecule has 1 aliphatic heterocycles. The number of carbonyl (C=O) groups is 1. The minimum Gasteiger partial charge on any atom is -0.491 e. The topological polar surface area (TPSA) is 73.6 Å². The fourth-order valence-electron chi connectivity index (χ4n) is 4.60. The van der Waals surface area contributed by atoms with E-state index in [9.17, 15) is 4.79 Å². The molecule has 4 rings (SSSR count). The summed E-state index contributed by atoms with van der Waals surface area (Å²) in [6, 6.07) is 8.43. The third-order valence-corrected chi connectivity index (χ3v) is 5.84. The van der Waals surface area contributed by atoms with Gasteiger partial charge in [0.25, 0.3) is 0 Å². The van der Waals surface area contributed by atoms with Gasteiger partial charge in [-0.15, -0.1) is 0 Å². The standard InChI is InChI=1S/C18H24N2O3/c19-15(21)7-11-22-14-5-2-1-4-13(14)20-16-12-6-10-23-17(12)18(16)8-3-9-18/h1-2,4-5,12,16-17,20H,3,6-11H2,(H2,19,21). The normalized spacial score (nSPS) is 30.2. The first-order valence-electron chi connectivity index (χ1n) is 8.59. The van der Waals surface area contributed by atoms with Gasteiger partial charge in [-0.2, -0.15) is 0 Å². The molecule has 3 atom stereocenters. The Balaban J connectivity index is 1.47. The van der Waals surface area contributed by atoms with Gasteiger partial charge in [0.15, 0.2) is 0 Å². The van der Waals surface area contributed by atoms with Gasteiger partial charge in [-0.05, 0) is 31.4 Å². The number of primary amides is 1. The highest BCUT2D eigenvalue weighted by Crippen LogP contribution is 2.63. The molecule has 3 fully saturated rings. The van der Waals surface area contributed by atoms with Crippen LogP contribution in [0.2, 0.25) is 0 Å². The molecule has 1 amide bonds. The van der Waals surface area contributed by atoms with Gasteiger partial charge in [-0.25, -0.2) is 0 Å². The number of carbonyl (C=O) groups excluding carboxylic acids is 1. The highest BCUT2D eigenvalue weighted by Gasteiger charge is 2.66. The van der Waals surface area contributed by atoms with Crippen molar-refractivity contribution < 1.29 is 14.3 Å². The van der Waals surface area contributed by atoms with E-state index in [0.29, 0.717) is 30.1 Å². The Morgan fingerprint density at radius 1 is 1.39 bits per heavy atom. The van der Waals surface area contributed by atoms with Gasteiger partial charge in [0, 0.05) is 24.0 Å². The zero-order valence-corrected chi connectivity index (χ0v) is 13.3. The summed E-state index contributed by atoms with van der Waals surface area (Å²) in [6.45, 7) is 1.21. The Labute approximate surface area is 136 Å². The van der Waals surface area contributed by atoms with Crippen molar-refractivity contribution in [3.05, 3.63) is 24.3 Å². The van der Waals surface area contributed by atoms with Crippen molar-refractivity contribution in [3.8, 4) is 5.75 Å². The molecule has 0 aromatic heterocycles. The average molecular weight is 316 g/mol. The number of hydrogen-bond acceptors (Lipinski definition) is 4. The molecule has 124 valence electrons. The van der Waals surface area contributed by atoms with E-state index in [-0.39, 0.29) is 12.3 Å². The Kier molecular flexibility index (Phi) is 3.68. The number of benzene rings is 1. The number of fused-ring (bicyclic) bond motifs is 2. The predicted octanol–water partition coefficient (Wildman–Crippen LogP) is 2.31. The van der Waals surface area contributed by atoms with Gasteiger partial charge in [0.05, 0.1) is 24.8 Å². The maximum atomic E-state index is 10.9. The molecular weight excluding hydrogens is 292 g/mol. The maximum Gasteiger partial charge on any atom is 0.220 e. The Bertz CT molecular complexity index is 600. The monoisotopic (exact) mass is 316 g/mol. The first-order valence-corrected chi connectivity index (χ1v) is 8.59. The molecule has 5 heteroatoms. The third kappa shape index (κ3) is 2.38. The highest BCUT2D eigenvalue weighted by atomic mass is 16.5. The second kappa shape index (κ2) is 5.71. The quantitative estimate of drug-likeness (QED) is 0.844. The summed E-state index contributed by atoms with van der Waals surface area (Å²) >= 11 is 0. The largest absolute Gasteiger partial charge is 0.491 e. The molecule has 2 saturated carbocycles. The summed E-state index contributed by atoms with van der Waals surface area (Å²) in [5.41, 5.74) is 6.52. The smallest absolute Gasteiger partial charge is 0.220 e. The van der Waals surface area contributed by atoms with Gasteiger partial charge < -0.3 is 20.5 Å². The molecule has 1 saturated heterocycles. The van der Waals surface area contributed by atoms with Crippen LogP contribution in [0.5, 0.6) is 5.75 Å². The van der Waals surface area contributed by atoms with Crippen molar-refractivity contribution in [1.82, 2.24) is 0 Å². The molecule has 23 heavy (non-hydrogen) atoms. The van der Waals surface area contributed by atoms with Crippen LogP contribution in [0.15, 0.2) is 24.3 Å². The number of rotatable bonds is 6. The summed E-state index contributed by atoms with van der Waals surface area (Å²) in [5, 5.41) is 3.73. The summed E-state index contributed by atoms with van der Waals surface area (Å²) in [5.74, 6) is 1.08. The van der Waals surface area contributed by atoms with Crippen LogP contribution in [0.25, 0.3) is 0 Å². The molecule has 1 spiro atoms. The second-order valence-electron chi connectivity index (χ2n) is 7.01. The van der Waals surface area contributed by atoms with Gasteiger partial charge in [-0.3, -0.25) is 4.79 Å². The fraction of sp³-hybridized carbons (Fsp3) is 0.611. The molecule has 1 aromatic carbocycles. The van der Waals surface area contributed by atoms with Crippen molar-refractivity contribution >= 4 is 11.6 Å². The number of amides is 1. The van der Waals surface area contributed by atoms with Crippen LogP contribution in [0, 0.1) is 11.3 Å². The van der Waals surface area contributed by atoms with Crippen molar-refractivity contribution in [1.29, 1.82) is 0 Å². The van der Waals surface area contributed by atoms with Crippen LogP contribution < -0.4 is 15.8 Å². The molecule has 2 aliphatic carbocycles. The summed E-state index contributed by atoms with van der Waals surface area (Å²) in [6.07, 6.45) is 5.67. The van der Waals surface area contributed by atoms with E-state index in [1.54, 1.807) is 0 Å². The first-order chi connectivity index (χ1) is 11.2.